The SMILES string of the molecule is CC=C(C)C.[V]. The molecule has 0 rings (SSSR count). The van der Waals surface area contributed by atoms with E-state index in [9.17, 15) is 0 Å². The quantitative estimate of drug-likeness (QED) is 0.430. The molecule has 0 aliphatic heterocycles. The van der Waals surface area contributed by atoms with Crippen LogP contribution in [0.4, 0.5) is 0 Å². The third-order valence-electron chi connectivity index (χ3n) is 0.577. The van der Waals surface area contributed by atoms with Crippen molar-refractivity contribution in [1.29, 1.82) is 0 Å². The largest absolute Gasteiger partial charge is 0.0890 e. The van der Waals surface area contributed by atoms with Crippen LogP contribution in [-0.4, -0.2) is 0 Å². The van der Waals surface area contributed by atoms with Gasteiger partial charge in [0.05, 0.1) is 0 Å². The van der Waals surface area contributed by atoms with Gasteiger partial charge in [0.25, 0.3) is 0 Å². The van der Waals surface area contributed by atoms with Crippen molar-refractivity contribution in [3.05, 3.63) is 11.6 Å². The summed E-state index contributed by atoms with van der Waals surface area (Å²) in [6, 6.07) is 0. The minimum absolute atomic E-state index is 0. The van der Waals surface area contributed by atoms with Gasteiger partial charge in [0, 0.05) is 18.6 Å². The maximum atomic E-state index is 2.08. The summed E-state index contributed by atoms with van der Waals surface area (Å²) in [6.07, 6.45) is 2.08. The summed E-state index contributed by atoms with van der Waals surface area (Å²) >= 11 is 0. The Morgan fingerprint density at radius 2 is 1.50 bits per heavy atom. The monoisotopic (exact) mass is 121 g/mol. The van der Waals surface area contributed by atoms with Gasteiger partial charge < -0.3 is 0 Å². The maximum Gasteiger partial charge on any atom is 0 e. The van der Waals surface area contributed by atoms with Crippen LogP contribution in [0.25, 0.3) is 0 Å². The summed E-state index contributed by atoms with van der Waals surface area (Å²) in [4.78, 5) is 0. The Morgan fingerprint density at radius 1 is 1.33 bits per heavy atom. The molecule has 1 radical (unpaired) electrons. The van der Waals surface area contributed by atoms with E-state index in [1.807, 2.05) is 6.92 Å². The molecule has 0 bridgehead atoms. The molecule has 1 heteroatoms. The van der Waals surface area contributed by atoms with Crippen LogP contribution in [0, 0.1) is 0 Å². The van der Waals surface area contributed by atoms with Gasteiger partial charge in [-0.05, 0) is 20.8 Å². The molecule has 0 aliphatic carbocycles. The van der Waals surface area contributed by atoms with Crippen LogP contribution in [0.5, 0.6) is 0 Å². The number of allylic oxidation sites excluding steroid dienone is 2. The molecule has 0 heterocycles. The van der Waals surface area contributed by atoms with Gasteiger partial charge in [-0.2, -0.15) is 0 Å². The molecule has 0 saturated carbocycles. The maximum absolute atomic E-state index is 2.08. The predicted molar refractivity (Wildman–Crippen MR) is 25.1 cm³/mol. The number of hydrogen-bond donors (Lipinski definition) is 0. The molecule has 0 N–H and O–H groups in total. The van der Waals surface area contributed by atoms with Crippen LogP contribution in [0.15, 0.2) is 11.6 Å². The second-order valence-corrected chi connectivity index (χ2v) is 1.37. The van der Waals surface area contributed by atoms with Crippen LogP contribution >= 0.6 is 0 Å². The van der Waals surface area contributed by atoms with E-state index >= 15 is 0 Å². The van der Waals surface area contributed by atoms with Gasteiger partial charge in [-0.25, -0.2) is 0 Å². The van der Waals surface area contributed by atoms with Gasteiger partial charge in [-0.1, -0.05) is 11.6 Å². The summed E-state index contributed by atoms with van der Waals surface area (Å²) in [7, 11) is 0. The van der Waals surface area contributed by atoms with Gasteiger partial charge in [-0.15, -0.1) is 0 Å². The van der Waals surface area contributed by atoms with E-state index in [1.54, 1.807) is 0 Å². The Kier molecular flexibility index (Phi) is 8.51. The second kappa shape index (κ2) is 5.32. The summed E-state index contributed by atoms with van der Waals surface area (Å²) in [5.74, 6) is 0. The van der Waals surface area contributed by atoms with E-state index in [-0.39, 0.29) is 18.6 Å². The zero-order chi connectivity index (χ0) is 4.28. The fourth-order valence-corrected chi connectivity index (χ4v) is 0. The first-order valence-corrected chi connectivity index (χ1v) is 1.87. The minimum Gasteiger partial charge on any atom is -0.0890 e. The van der Waals surface area contributed by atoms with Crippen molar-refractivity contribution in [2.45, 2.75) is 20.8 Å². The van der Waals surface area contributed by atoms with Crippen molar-refractivity contribution in [1.82, 2.24) is 0 Å². The average Bonchev–Trinajstić information content (AvgIpc) is 1.38. The molecule has 0 atom stereocenters. The third-order valence-corrected chi connectivity index (χ3v) is 0.577. The zero-order valence-corrected chi connectivity index (χ0v) is 5.92. The second-order valence-electron chi connectivity index (χ2n) is 1.37. The summed E-state index contributed by atoms with van der Waals surface area (Å²) in [6.45, 7) is 6.20. The summed E-state index contributed by atoms with van der Waals surface area (Å²) in [5.41, 5.74) is 1.38. The first kappa shape index (κ1) is 9.59. The van der Waals surface area contributed by atoms with E-state index in [2.05, 4.69) is 19.9 Å². The van der Waals surface area contributed by atoms with Crippen LogP contribution < -0.4 is 0 Å². The molecule has 0 nitrogen and oxygen atoms in total. The summed E-state index contributed by atoms with van der Waals surface area (Å²) in [5, 5.41) is 0. The van der Waals surface area contributed by atoms with Crippen molar-refractivity contribution in [2.75, 3.05) is 0 Å². The molecular formula is C5H10V. The number of hydrogen-bond acceptors (Lipinski definition) is 0. The third kappa shape index (κ3) is 8.85. The van der Waals surface area contributed by atoms with Gasteiger partial charge >= 0.3 is 0 Å². The van der Waals surface area contributed by atoms with Crippen LogP contribution in [0.1, 0.15) is 20.8 Å². The fraction of sp³-hybridized carbons (Fsp3) is 0.600. The zero-order valence-electron chi connectivity index (χ0n) is 4.52. The molecule has 6 heavy (non-hydrogen) atoms. The van der Waals surface area contributed by atoms with E-state index in [0.29, 0.717) is 0 Å². The Hall–Kier alpha value is 0.324. The molecule has 35 valence electrons. The van der Waals surface area contributed by atoms with Crippen molar-refractivity contribution < 1.29 is 18.6 Å². The minimum atomic E-state index is 0. The Bertz CT molecular complexity index is 41.9. The first-order chi connectivity index (χ1) is 2.27. The smallest absolute Gasteiger partial charge is 0 e. The standard InChI is InChI=1S/C5H10.V/c1-4-5(2)3;/h4H,1-3H3;. The molecule has 0 unspecified atom stereocenters. The van der Waals surface area contributed by atoms with Crippen LogP contribution in [0.3, 0.4) is 0 Å². The van der Waals surface area contributed by atoms with Crippen molar-refractivity contribution in [2.24, 2.45) is 0 Å². The van der Waals surface area contributed by atoms with Crippen molar-refractivity contribution >= 4 is 0 Å². The van der Waals surface area contributed by atoms with E-state index in [1.165, 1.54) is 5.57 Å². The predicted octanol–water partition coefficient (Wildman–Crippen LogP) is 1.97. The first-order valence-electron chi connectivity index (χ1n) is 1.87. The molecule has 0 aromatic heterocycles. The number of rotatable bonds is 0. The topological polar surface area (TPSA) is 0 Å². The van der Waals surface area contributed by atoms with Gasteiger partial charge in [-0.3, -0.25) is 0 Å². The fourth-order valence-electron chi connectivity index (χ4n) is 0. The van der Waals surface area contributed by atoms with Crippen molar-refractivity contribution in [3.63, 3.8) is 0 Å². The van der Waals surface area contributed by atoms with Gasteiger partial charge in [0.15, 0.2) is 0 Å². The van der Waals surface area contributed by atoms with Gasteiger partial charge in [0.2, 0.25) is 0 Å². The molecule has 0 aromatic rings. The van der Waals surface area contributed by atoms with E-state index in [0.717, 1.165) is 0 Å². The van der Waals surface area contributed by atoms with Crippen molar-refractivity contribution in [3.8, 4) is 0 Å². The van der Waals surface area contributed by atoms with Gasteiger partial charge in [0.1, 0.15) is 0 Å². The normalized spacial score (nSPS) is 5.83. The molecule has 0 fully saturated rings. The Balaban J connectivity index is 0. The Morgan fingerprint density at radius 3 is 1.50 bits per heavy atom. The average molecular weight is 121 g/mol. The van der Waals surface area contributed by atoms with E-state index in [4.69, 9.17) is 0 Å². The molecule has 0 spiro atoms. The van der Waals surface area contributed by atoms with E-state index < -0.39 is 0 Å². The van der Waals surface area contributed by atoms with Crippen LogP contribution in [-0.2, 0) is 18.6 Å². The summed E-state index contributed by atoms with van der Waals surface area (Å²) < 4.78 is 0. The molecule has 0 amide bonds. The molecule has 0 aliphatic rings. The molecule has 0 saturated heterocycles. The Labute approximate surface area is 51.5 Å². The van der Waals surface area contributed by atoms with Crippen LogP contribution in [0.2, 0.25) is 0 Å². The molecular weight excluding hydrogens is 111 g/mol. The molecule has 0 aromatic carbocycles.